The minimum Gasteiger partial charge on any atom is -0.462 e. The third kappa shape index (κ3) is 3.95. The van der Waals surface area contributed by atoms with Crippen molar-refractivity contribution < 1.29 is 22.1 Å². The molecule has 0 unspecified atom stereocenters. The monoisotopic (exact) mass is 486 g/mol. The van der Waals surface area contributed by atoms with Gasteiger partial charge in [0.05, 0.1) is 11.0 Å². The summed E-state index contributed by atoms with van der Waals surface area (Å²) in [4.78, 5) is 11.7. The van der Waals surface area contributed by atoms with Crippen LogP contribution in [0.5, 0.6) is 0 Å². The van der Waals surface area contributed by atoms with Crippen LogP contribution in [0.2, 0.25) is 0 Å². The molecule has 6 heteroatoms. The lowest BCUT2D eigenvalue weighted by atomic mass is 9.48. The fourth-order valence-corrected chi connectivity index (χ4v) is 9.19. The Labute approximate surface area is 204 Å². The number of esters is 1. The van der Waals surface area contributed by atoms with Crippen LogP contribution in [0.1, 0.15) is 77.7 Å². The predicted octanol–water partition coefficient (Wildman–Crippen LogP) is 5.96. The van der Waals surface area contributed by atoms with Crippen LogP contribution >= 0.6 is 0 Å². The lowest BCUT2D eigenvalue weighted by molar-refractivity contribution is -0.148. The molecule has 0 amide bonds. The molecule has 5 rings (SSSR count). The largest absolute Gasteiger partial charge is 0.462 e. The van der Waals surface area contributed by atoms with Gasteiger partial charge in [0.25, 0.3) is 10.1 Å². The summed E-state index contributed by atoms with van der Waals surface area (Å²) in [5.41, 5.74) is 2.55. The number of fused-ring (bicyclic) bond motifs is 5. The Hall–Kier alpha value is -1.66. The topological polar surface area (TPSA) is 69.7 Å². The Morgan fingerprint density at radius 2 is 1.74 bits per heavy atom. The van der Waals surface area contributed by atoms with Gasteiger partial charge in [-0.3, -0.25) is 8.98 Å². The fraction of sp³-hybridized carbons (Fsp3) is 0.679. The number of aryl methyl sites for hydroxylation is 1. The van der Waals surface area contributed by atoms with E-state index in [1.165, 1.54) is 12.5 Å². The molecule has 0 aliphatic heterocycles. The van der Waals surface area contributed by atoms with Crippen LogP contribution in [0.25, 0.3) is 0 Å². The summed E-state index contributed by atoms with van der Waals surface area (Å²) in [6, 6.07) is 6.94. The average Bonchev–Trinajstić information content (AvgIpc) is 3.09. The summed E-state index contributed by atoms with van der Waals surface area (Å²) < 4.78 is 37.7. The van der Waals surface area contributed by atoms with E-state index < -0.39 is 10.1 Å². The molecule has 1 aromatic carbocycles. The molecule has 4 aliphatic rings. The molecule has 34 heavy (non-hydrogen) atoms. The third-order valence-corrected chi connectivity index (χ3v) is 11.2. The van der Waals surface area contributed by atoms with Crippen molar-refractivity contribution in [2.24, 2.45) is 28.6 Å². The van der Waals surface area contributed by atoms with Gasteiger partial charge in [-0.05, 0) is 92.6 Å². The zero-order valence-corrected chi connectivity index (χ0v) is 21.7. The SMILES string of the molecule is CC(=O)O[C@@H]1CC[C@@]2(C)C(=CC[C@@H]3[C@H]2CC[C@]2(C)[C@@H](OS(=O)(=O)c4ccc(C)cc4)CC[C@@H]32)C1. The van der Waals surface area contributed by atoms with Gasteiger partial charge in [0.15, 0.2) is 0 Å². The standard InChI is InChI=1S/C28H38O5S/c1-18-5-8-22(9-6-18)34(30,31)33-26-12-11-24-23-10-7-20-17-21(32-19(2)29)13-15-27(20,3)25(23)14-16-28(24,26)4/h5-9,21,23-26H,10-17H2,1-4H3/t21-,23+,24+,25-,26+,27+,28+/m1/s1. The fourth-order valence-electron chi connectivity index (χ4n) is 7.99. The second kappa shape index (κ2) is 8.48. The molecule has 0 bridgehead atoms. The van der Waals surface area contributed by atoms with E-state index in [-0.39, 0.29) is 33.9 Å². The molecular formula is C28H38O5S. The maximum Gasteiger partial charge on any atom is 0.302 e. The number of allylic oxidation sites excluding steroid dienone is 1. The van der Waals surface area contributed by atoms with Crippen molar-refractivity contribution in [3.63, 3.8) is 0 Å². The highest BCUT2D eigenvalue weighted by molar-refractivity contribution is 7.86. The maximum absolute atomic E-state index is 13.1. The van der Waals surface area contributed by atoms with Crippen LogP contribution in [-0.2, 0) is 23.8 Å². The van der Waals surface area contributed by atoms with Gasteiger partial charge in [0.1, 0.15) is 6.10 Å². The molecule has 5 nitrogen and oxygen atoms in total. The first kappa shape index (κ1) is 24.1. The van der Waals surface area contributed by atoms with Gasteiger partial charge in [-0.2, -0.15) is 8.42 Å². The molecule has 0 spiro atoms. The van der Waals surface area contributed by atoms with E-state index in [0.29, 0.717) is 17.8 Å². The van der Waals surface area contributed by atoms with E-state index in [9.17, 15) is 13.2 Å². The molecule has 0 saturated heterocycles. The Bertz CT molecular complexity index is 1090. The number of carbonyl (C=O) groups excluding carboxylic acids is 1. The Morgan fingerprint density at radius 3 is 2.44 bits per heavy atom. The Morgan fingerprint density at radius 1 is 1.00 bits per heavy atom. The molecule has 3 saturated carbocycles. The summed E-state index contributed by atoms with van der Waals surface area (Å²) in [6.45, 7) is 8.15. The molecule has 7 atom stereocenters. The van der Waals surface area contributed by atoms with Crippen molar-refractivity contribution in [3.8, 4) is 0 Å². The van der Waals surface area contributed by atoms with Gasteiger partial charge in [0.2, 0.25) is 0 Å². The first-order chi connectivity index (χ1) is 16.0. The van der Waals surface area contributed by atoms with Crippen LogP contribution in [0.4, 0.5) is 0 Å². The third-order valence-electron chi connectivity index (χ3n) is 9.86. The average molecular weight is 487 g/mol. The van der Waals surface area contributed by atoms with Crippen LogP contribution in [0, 0.1) is 35.5 Å². The van der Waals surface area contributed by atoms with Crippen molar-refractivity contribution in [1.29, 1.82) is 0 Å². The highest BCUT2D eigenvalue weighted by Crippen LogP contribution is 2.65. The van der Waals surface area contributed by atoms with Gasteiger partial charge in [-0.1, -0.05) is 43.2 Å². The normalized spacial score (nSPS) is 39.4. The highest BCUT2D eigenvalue weighted by atomic mass is 32.2. The Balaban J connectivity index is 1.35. The molecule has 0 radical (unpaired) electrons. The van der Waals surface area contributed by atoms with Crippen molar-refractivity contribution in [1.82, 2.24) is 0 Å². The number of ether oxygens (including phenoxy) is 1. The van der Waals surface area contributed by atoms with Crippen molar-refractivity contribution >= 4 is 16.1 Å². The summed E-state index contributed by atoms with van der Waals surface area (Å²) in [5, 5.41) is 0. The van der Waals surface area contributed by atoms with E-state index in [0.717, 1.165) is 56.9 Å². The van der Waals surface area contributed by atoms with Crippen molar-refractivity contribution in [3.05, 3.63) is 41.5 Å². The van der Waals surface area contributed by atoms with Gasteiger partial charge in [-0.15, -0.1) is 0 Å². The van der Waals surface area contributed by atoms with Crippen molar-refractivity contribution in [2.75, 3.05) is 0 Å². The summed E-state index contributed by atoms with van der Waals surface area (Å²) in [5.74, 6) is 1.46. The number of hydrogen-bond acceptors (Lipinski definition) is 5. The van der Waals surface area contributed by atoms with Gasteiger partial charge in [-0.25, -0.2) is 0 Å². The van der Waals surface area contributed by atoms with E-state index in [1.807, 2.05) is 19.1 Å². The quantitative estimate of drug-likeness (QED) is 0.298. The van der Waals surface area contributed by atoms with E-state index in [4.69, 9.17) is 8.92 Å². The predicted molar refractivity (Wildman–Crippen MR) is 130 cm³/mol. The second-order valence-corrected chi connectivity index (χ2v) is 13.3. The smallest absolute Gasteiger partial charge is 0.302 e. The first-order valence-electron chi connectivity index (χ1n) is 12.9. The molecule has 4 aliphatic carbocycles. The molecular weight excluding hydrogens is 448 g/mol. The summed E-state index contributed by atoms with van der Waals surface area (Å²) >= 11 is 0. The van der Waals surface area contributed by atoms with Crippen LogP contribution in [-0.4, -0.2) is 26.6 Å². The summed E-state index contributed by atoms with van der Waals surface area (Å²) in [7, 11) is -3.78. The molecule has 0 heterocycles. The highest BCUT2D eigenvalue weighted by Gasteiger charge is 2.59. The van der Waals surface area contributed by atoms with Crippen LogP contribution < -0.4 is 0 Å². The zero-order chi connectivity index (χ0) is 24.3. The Kier molecular flexibility index (Phi) is 6.00. The first-order valence-corrected chi connectivity index (χ1v) is 14.3. The van der Waals surface area contributed by atoms with E-state index in [2.05, 4.69) is 19.9 Å². The molecule has 3 fully saturated rings. The molecule has 0 N–H and O–H groups in total. The summed E-state index contributed by atoms with van der Waals surface area (Å²) in [6.07, 6.45) is 10.0. The van der Waals surface area contributed by atoms with E-state index in [1.54, 1.807) is 12.1 Å². The molecule has 186 valence electrons. The second-order valence-electron chi connectivity index (χ2n) is 11.7. The minimum absolute atomic E-state index is 0.0125. The number of hydrogen-bond donors (Lipinski definition) is 0. The van der Waals surface area contributed by atoms with Crippen LogP contribution in [0.15, 0.2) is 40.8 Å². The van der Waals surface area contributed by atoms with Crippen LogP contribution in [0.3, 0.4) is 0 Å². The molecule has 1 aromatic rings. The lowest BCUT2D eigenvalue weighted by Crippen LogP contribution is -2.51. The number of rotatable bonds is 4. The van der Waals surface area contributed by atoms with Gasteiger partial charge in [0, 0.05) is 13.3 Å². The van der Waals surface area contributed by atoms with Gasteiger partial charge >= 0.3 is 5.97 Å². The molecule has 0 aromatic heterocycles. The number of carbonyl (C=O) groups is 1. The van der Waals surface area contributed by atoms with Crippen molar-refractivity contribution in [2.45, 2.75) is 96.2 Å². The number of benzene rings is 1. The van der Waals surface area contributed by atoms with Gasteiger partial charge < -0.3 is 4.74 Å². The minimum atomic E-state index is -3.78. The maximum atomic E-state index is 13.1. The zero-order valence-electron chi connectivity index (χ0n) is 20.9. The van der Waals surface area contributed by atoms with E-state index >= 15 is 0 Å². The lowest BCUT2D eigenvalue weighted by Gasteiger charge is -2.57.